The van der Waals surface area contributed by atoms with Crippen molar-refractivity contribution in [2.24, 2.45) is 0 Å². The van der Waals surface area contributed by atoms with E-state index >= 15 is 0 Å². The summed E-state index contributed by atoms with van der Waals surface area (Å²) >= 11 is 5.90. The van der Waals surface area contributed by atoms with Gasteiger partial charge in [-0.15, -0.1) is 0 Å². The number of hydrogen-bond acceptors (Lipinski definition) is 1. The van der Waals surface area contributed by atoms with Gasteiger partial charge in [-0.1, -0.05) is 29.3 Å². The molecular weight excluding hydrogens is 277 g/mol. The van der Waals surface area contributed by atoms with Crippen molar-refractivity contribution in [3.8, 4) is 0 Å². The van der Waals surface area contributed by atoms with Gasteiger partial charge in [0.1, 0.15) is 5.82 Å². The SMILES string of the molecule is O=C(Cc1c(F)cccc1Cl)NCCC1=CCCCC1. The number of allylic oxidation sites excluding steroid dienone is 1. The number of hydrogen-bond donors (Lipinski definition) is 1. The minimum absolute atomic E-state index is 0.00937. The van der Waals surface area contributed by atoms with Gasteiger partial charge in [-0.3, -0.25) is 4.79 Å². The second-order valence-electron chi connectivity index (χ2n) is 5.09. The first-order chi connectivity index (χ1) is 9.66. The second-order valence-corrected chi connectivity index (χ2v) is 5.49. The summed E-state index contributed by atoms with van der Waals surface area (Å²) < 4.78 is 13.6. The number of carbonyl (C=O) groups excluding carboxylic acids is 1. The Kier molecular flexibility index (Phi) is 5.60. The van der Waals surface area contributed by atoms with Gasteiger partial charge in [0.15, 0.2) is 0 Å². The number of carbonyl (C=O) groups is 1. The minimum Gasteiger partial charge on any atom is -0.355 e. The Labute approximate surface area is 124 Å². The minimum atomic E-state index is -0.428. The molecule has 1 aromatic rings. The van der Waals surface area contributed by atoms with Crippen LogP contribution in [0, 0.1) is 5.82 Å². The van der Waals surface area contributed by atoms with Gasteiger partial charge in [-0.25, -0.2) is 4.39 Å². The molecule has 0 saturated heterocycles. The van der Waals surface area contributed by atoms with E-state index in [0.29, 0.717) is 11.6 Å². The van der Waals surface area contributed by atoms with Crippen LogP contribution in [0.4, 0.5) is 4.39 Å². The highest BCUT2D eigenvalue weighted by atomic mass is 35.5. The Balaban J connectivity index is 1.79. The standard InChI is InChI=1S/C16H19ClFNO/c17-14-7-4-8-15(18)13(14)11-16(20)19-10-9-12-5-2-1-3-6-12/h4-5,7-8H,1-3,6,9-11H2,(H,19,20). The van der Waals surface area contributed by atoms with Crippen molar-refractivity contribution < 1.29 is 9.18 Å². The average molecular weight is 296 g/mol. The van der Waals surface area contributed by atoms with Crippen LogP contribution in [0.2, 0.25) is 5.02 Å². The molecule has 0 atom stereocenters. The Morgan fingerprint density at radius 1 is 1.35 bits per heavy atom. The van der Waals surface area contributed by atoms with Crippen molar-refractivity contribution in [2.75, 3.05) is 6.54 Å². The number of rotatable bonds is 5. The number of nitrogens with one attached hydrogen (secondary N) is 1. The molecule has 2 rings (SSSR count). The fraction of sp³-hybridized carbons (Fsp3) is 0.438. The molecule has 0 spiro atoms. The lowest BCUT2D eigenvalue weighted by molar-refractivity contribution is -0.120. The molecule has 1 N–H and O–H groups in total. The van der Waals surface area contributed by atoms with Crippen molar-refractivity contribution in [1.82, 2.24) is 5.32 Å². The second kappa shape index (κ2) is 7.44. The first-order valence-corrected chi connectivity index (χ1v) is 7.42. The maximum atomic E-state index is 13.6. The molecule has 20 heavy (non-hydrogen) atoms. The highest BCUT2D eigenvalue weighted by Gasteiger charge is 2.11. The summed E-state index contributed by atoms with van der Waals surface area (Å²) in [6.07, 6.45) is 7.93. The van der Waals surface area contributed by atoms with Crippen LogP contribution >= 0.6 is 11.6 Å². The lowest BCUT2D eigenvalue weighted by Crippen LogP contribution is -2.27. The van der Waals surface area contributed by atoms with Crippen LogP contribution in [0.5, 0.6) is 0 Å². The van der Waals surface area contributed by atoms with E-state index in [-0.39, 0.29) is 17.9 Å². The molecule has 0 heterocycles. The Bertz CT molecular complexity index is 493. The summed E-state index contributed by atoms with van der Waals surface area (Å²) in [7, 11) is 0. The molecule has 0 unspecified atom stereocenters. The molecule has 2 nitrogen and oxygen atoms in total. The Morgan fingerprint density at radius 2 is 2.20 bits per heavy atom. The first-order valence-electron chi connectivity index (χ1n) is 7.04. The van der Waals surface area contributed by atoms with Crippen molar-refractivity contribution in [2.45, 2.75) is 38.5 Å². The fourth-order valence-corrected chi connectivity index (χ4v) is 2.65. The van der Waals surface area contributed by atoms with Gasteiger partial charge in [0.2, 0.25) is 5.91 Å². The molecule has 1 aliphatic rings. The smallest absolute Gasteiger partial charge is 0.224 e. The maximum Gasteiger partial charge on any atom is 0.224 e. The molecule has 108 valence electrons. The van der Waals surface area contributed by atoms with Crippen molar-refractivity contribution >= 4 is 17.5 Å². The summed E-state index contributed by atoms with van der Waals surface area (Å²) in [4.78, 5) is 11.8. The molecule has 0 aliphatic heterocycles. The third-order valence-corrected chi connectivity index (χ3v) is 3.91. The molecule has 4 heteroatoms. The van der Waals surface area contributed by atoms with Crippen LogP contribution in [0.3, 0.4) is 0 Å². The summed E-state index contributed by atoms with van der Waals surface area (Å²) in [6.45, 7) is 0.608. The third kappa shape index (κ3) is 4.34. The van der Waals surface area contributed by atoms with Crippen LogP contribution in [-0.2, 0) is 11.2 Å². The molecule has 1 aliphatic carbocycles. The van der Waals surface area contributed by atoms with Crippen LogP contribution in [0.15, 0.2) is 29.8 Å². The van der Waals surface area contributed by atoms with E-state index in [9.17, 15) is 9.18 Å². The van der Waals surface area contributed by atoms with Crippen LogP contribution in [0.1, 0.15) is 37.7 Å². The van der Waals surface area contributed by atoms with Crippen LogP contribution < -0.4 is 5.32 Å². The van der Waals surface area contributed by atoms with E-state index in [1.54, 1.807) is 6.07 Å². The van der Waals surface area contributed by atoms with Gasteiger partial charge in [0, 0.05) is 17.1 Å². The predicted molar refractivity (Wildman–Crippen MR) is 79.3 cm³/mol. The summed E-state index contributed by atoms with van der Waals surface area (Å²) in [5, 5.41) is 3.13. The normalized spacial score (nSPS) is 14.8. The van der Waals surface area contributed by atoms with Gasteiger partial charge in [-0.2, -0.15) is 0 Å². The number of amides is 1. The van der Waals surface area contributed by atoms with Crippen molar-refractivity contribution in [3.63, 3.8) is 0 Å². The molecule has 0 bridgehead atoms. The van der Waals surface area contributed by atoms with E-state index in [2.05, 4.69) is 11.4 Å². The average Bonchev–Trinajstić information content (AvgIpc) is 2.44. The maximum absolute atomic E-state index is 13.6. The molecule has 0 aromatic heterocycles. The lowest BCUT2D eigenvalue weighted by atomic mass is 9.97. The van der Waals surface area contributed by atoms with E-state index in [1.165, 1.54) is 30.5 Å². The first kappa shape index (κ1) is 15.0. The highest BCUT2D eigenvalue weighted by molar-refractivity contribution is 6.31. The van der Waals surface area contributed by atoms with Crippen LogP contribution in [-0.4, -0.2) is 12.5 Å². The van der Waals surface area contributed by atoms with E-state index in [0.717, 1.165) is 19.3 Å². The summed E-state index contributed by atoms with van der Waals surface area (Å²) in [6, 6.07) is 4.45. The topological polar surface area (TPSA) is 29.1 Å². The summed E-state index contributed by atoms with van der Waals surface area (Å²) in [5.74, 6) is -0.615. The number of benzene rings is 1. The largest absolute Gasteiger partial charge is 0.355 e. The summed E-state index contributed by atoms with van der Waals surface area (Å²) in [5.41, 5.74) is 1.68. The zero-order valence-corrected chi connectivity index (χ0v) is 12.2. The highest BCUT2D eigenvalue weighted by Crippen LogP contribution is 2.20. The zero-order valence-electron chi connectivity index (χ0n) is 11.4. The monoisotopic (exact) mass is 295 g/mol. The van der Waals surface area contributed by atoms with E-state index in [4.69, 9.17) is 11.6 Å². The Hall–Kier alpha value is -1.35. The van der Waals surface area contributed by atoms with Gasteiger partial charge in [0.05, 0.1) is 6.42 Å². The van der Waals surface area contributed by atoms with Crippen molar-refractivity contribution in [1.29, 1.82) is 0 Å². The molecule has 1 aromatic carbocycles. The fourth-order valence-electron chi connectivity index (χ4n) is 2.42. The van der Waals surface area contributed by atoms with Gasteiger partial charge >= 0.3 is 0 Å². The van der Waals surface area contributed by atoms with E-state index < -0.39 is 5.82 Å². The van der Waals surface area contributed by atoms with Gasteiger partial charge in [-0.05, 0) is 44.2 Å². The predicted octanol–water partition coefficient (Wildman–Crippen LogP) is 4.03. The van der Waals surface area contributed by atoms with Gasteiger partial charge < -0.3 is 5.32 Å². The third-order valence-electron chi connectivity index (χ3n) is 3.55. The van der Waals surface area contributed by atoms with Crippen LogP contribution in [0.25, 0.3) is 0 Å². The zero-order chi connectivity index (χ0) is 14.4. The van der Waals surface area contributed by atoms with Crippen molar-refractivity contribution in [3.05, 3.63) is 46.3 Å². The molecule has 0 fully saturated rings. The van der Waals surface area contributed by atoms with E-state index in [1.807, 2.05) is 0 Å². The molecule has 1 amide bonds. The molecule has 0 radical (unpaired) electrons. The molecular formula is C16H19ClFNO. The quantitative estimate of drug-likeness (QED) is 0.817. The van der Waals surface area contributed by atoms with Gasteiger partial charge in [0.25, 0.3) is 0 Å². The number of halogens is 2. The Morgan fingerprint density at radius 3 is 2.90 bits per heavy atom. The molecule has 0 saturated carbocycles. The lowest BCUT2D eigenvalue weighted by Gasteiger charge is -2.13.